The number of carbonyl (C=O) groups is 1. The first-order valence-electron chi connectivity index (χ1n) is 6.53. The molecule has 5 nitrogen and oxygen atoms in total. The lowest BCUT2D eigenvalue weighted by atomic mass is 10.3. The Hall–Kier alpha value is -1.21. The maximum Gasteiger partial charge on any atom is 0.316 e. The van der Waals surface area contributed by atoms with E-state index in [-0.39, 0.29) is 28.7 Å². The van der Waals surface area contributed by atoms with E-state index >= 15 is 0 Å². The van der Waals surface area contributed by atoms with E-state index in [1.165, 1.54) is 11.8 Å². The van der Waals surface area contributed by atoms with E-state index in [9.17, 15) is 4.79 Å². The van der Waals surface area contributed by atoms with Crippen LogP contribution in [-0.2, 0) is 16.6 Å². The molecule has 0 aliphatic heterocycles. The molecule has 2 rings (SSSR count). The number of hydrogen-bond acceptors (Lipinski definition) is 5. The van der Waals surface area contributed by atoms with Crippen molar-refractivity contribution < 1.29 is 14.3 Å². The van der Waals surface area contributed by atoms with Crippen LogP contribution >= 0.6 is 28.7 Å². The van der Waals surface area contributed by atoms with Crippen molar-refractivity contribution in [3.8, 4) is 5.75 Å². The summed E-state index contributed by atoms with van der Waals surface area (Å²) < 4.78 is 12.3. The standard InChI is InChI=1S/C14H18N2O3S.BrH/c1-4-18-10-6-7-12-11(8-10)15-14(16(12)3)20-9-13(17)19-5-2;/h6-8H,4-5,9H2,1-3H3;1H. The number of aryl methyl sites for hydroxylation is 1. The molecule has 0 fully saturated rings. The molecule has 0 amide bonds. The topological polar surface area (TPSA) is 53.4 Å². The van der Waals surface area contributed by atoms with Gasteiger partial charge >= 0.3 is 5.97 Å². The molecule has 0 aliphatic rings. The zero-order valence-corrected chi connectivity index (χ0v) is 14.8. The van der Waals surface area contributed by atoms with Crippen LogP contribution in [0.3, 0.4) is 0 Å². The molecule has 1 aromatic heterocycles. The average Bonchev–Trinajstić information content (AvgIpc) is 2.74. The molecule has 0 atom stereocenters. The predicted octanol–water partition coefficient (Wildman–Crippen LogP) is 3.21. The van der Waals surface area contributed by atoms with Gasteiger partial charge in [0.1, 0.15) is 5.75 Å². The van der Waals surface area contributed by atoms with Crippen LogP contribution in [-0.4, -0.2) is 34.5 Å². The van der Waals surface area contributed by atoms with Gasteiger partial charge in [0.15, 0.2) is 5.16 Å². The van der Waals surface area contributed by atoms with Crippen LogP contribution in [0.15, 0.2) is 23.4 Å². The summed E-state index contributed by atoms with van der Waals surface area (Å²) in [6.45, 7) is 4.78. The third kappa shape index (κ3) is 4.38. The Kier molecular flexibility index (Phi) is 7.04. The molecule has 0 N–H and O–H groups in total. The molecule has 1 aromatic carbocycles. The maximum absolute atomic E-state index is 11.4. The van der Waals surface area contributed by atoms with Gasteiger partial charge in [-0.2, -0.15) is 0 Å². The Morgan fingerprint density at radius 1 is 1.33 bits per heavy atom. The van der Waals surface area contributed by atoms with Gasteiger partial charge in [-0.15, -0.1) is 17.0 Å². The minimum atomic E-state index is -0.223. The molecule has 0 saturated heterocycles. The minimum absolute atomic E-state index is 0. The van der Waals surface area contributed by atoms with Gasteiger partial charge in [-0.3, -0.25) is 4.79 Å². The van der Waals surface area contributed by atoms with Crippen molar-refractivity contribution in [2.45, 2.75) is 19.0 Å². The van der Waals surface area contributed by atoms with E-state index in [2.05, 4.69) is 4.98 Å². The number of rotatable bonds is 6. The van der Waals surface area contributed by atoms with Crippen LogP contribution in [0, 0.1) is 0 Å². The maximum atomic E-state index is 11.4. The fourth-order valence-electron chi connectivity index (χ4n) is 1.87. The molecule has 0 spiro atoms. The Morgan fingerprint density at radius 3 is 2.76 bits per heavy atom. The highest BCUT2D eigenvalue weighted by atomic mass is 79.9. The predicted molar refractivity (Wildman–Crippen MR) is 89.6 cm³/mol. The van der Waals surface area contributed by atoms with Crippen molar-refractivity contribution >= 4 is 45.7 Å². The third-order valence-electron chi connectivity index (χ3n) is 2.75. The van der Waals surface area contributed by atoms with Gasteiger partial charge < -0.3 is 14.0 Å². The smallest absolute Gasteiger partial charge is 0.316 e. The van der Waals surface area contributed by atoms with Gasteiger partial charge in [0, 0.05) is 13.1 Å². The third-order valence-corrected chi connectivity index (χ3v) is 3.75. The summed E-state index contributed by atoms with van der Waals surface area (Å²) in [4.78, 5) is 15.9. The molecular formula is C14H19BrN2O3S. The van der Waals surface area contributed by atoms with E-state index in [0.717, 1.165) is 21.9 Å². The number of benzene rings is 1. The molecule has 21 heavy (non-hydrogen) atoms. The zero-order valence-electron chi connectivity index (χ0n) is 12.3. The summed E-state index contributed by atoms with van der Waals surface area (Å²) in [5.41, 5.74) is 1.88. The highest BCUT2D eigenvalue weighted by Crippen LogP contribution is 2.26. The summed E-state index contributed by atoms with van der Waals surface area (Å²) in [6.07, 6.45) is 0. The molecule has 2 aromatic rings. The summed E-state index contributed by atoms with van der Waals surface area (Å²) in [5, 5.41) is 0.793. The lowest BCUT2D eigenvalue weighted by molar-refractivity contribution is -0.139. The van der Waals surface area contributed by atoms with Crippen molar-refractivity contribution in [2.75, 3.05) is 19.0 Å². The van der Waals surface area contributed by atoms with Gasteiger partial charge in [-0.1, -0.05) is 11.8 Å². The molecule has 7 heteroatoms. The summed E-state index contributed by atoms with van der Waals surface area (Å²) in [5.74, 6) is 0.850. The van der Waals surface area contributed by atoms with Crippen LogP contribution in [0.2, 0.25) is 0 Å². The van der Waals surface area contributed by atoms with Crippen molar-refractivity contribution in [1.82, 2.24) is 9.55 Å². The first-order valence-corrected chi connectivity index (χ1v) is 7.52. The Balaban J connectivity index is 0.00000220. The van der Waals surface area contributed by atoms with Gasteiger partial charge in [0.05, 0.1) is 30.0 Å². The second-order valence-corrected chi connectivity index (χ2v) is 5.07. The fourth-order valence-corrected chi connectivity index (χ4v) is 2.65. The number of hydrogen-bond donors (Lipinski definition) is 0. The van der Waals surface area contributed by atoms with Crippen molar-refractivity contribution in [3.63, 3.8) is 0 Å². The van der Waals surface area contributed by atoms with Crippen molar-refractivity contribution in [2.24, 2.45) is 7.05 Å². The van der Waals surface area contributed by atoms with Gasteiger partial charge in [0.25, 0.3) is 0 Å². The molecule has 0 bridgehead atoms. The number of imidazole rings is 1. The molecule has 0 radical (unpaired) electrons. The van der Waals surface area contributed by atoms with E-state index in [0.29, 0.717) is 13.2 Å². The lowest BCUT2D eigenvalue weighted by Crippen LogP contribution is -2.07. The second-order valence-electron chi connectivity index (χ2n) is 4.13. The summed E-state index contributed by atoms with van der Waals surface area (Å²) in [7, 11) is 1.93. The Morgan fingerprint density at radius 2 is 2.10 bits per heavy atom. The molecular weight excluding hydrogens is 356 g/mol. The molecule has 0 unspecified atom stereocenters. The van der Waals surface area contributed by atoms with Gasteiger partial charge in [-0.25, -0.2) is 4.98 Å². The monoisotopic (exact) mass is 374 g/mol. The Labute approximate surface area is 138 Å². The second kappa shape index (κ2) is 8.29. The first-order chi connectivity index (χ1) is 9.65. The molecule has 116 valence electrons. The van der Waals surface area contributed by atoms with E-state index in [1.54, 1.807) is 6.92 Å². The lowest BCUT2D eigenvalue weighted by Gasteiger charge is -2.03. The van der Waals surface area contributed by atoms with E-state index in [1.807, 2.05) is 36.7 Å². The van der Waals surface area contributed by atoms with Crippen LogP contribution in [0.1, 0.15) is 13.8 Å². The number of carbonyl (C=O) groups excluding carboxylic acids is 1. The van der Waals surface area contributed by atoms with Gasteiger partial charge in [0.2, 0.25) is 0 Å². The number of thioether (sulfide) groups is 1. The zero-order chi connectivity index (χ0) is 14.5. The SMILES string of the molecule is Br.CCOC(=O)CSc1nc2cc(OCC)ccc2n1C. The highest BCUT2D eigenvalue weighted by Gasteiger charge is 2.11. The number of halogens is 1. The summed E-state index contributed by atoms with van der Waals surface area (Å²) >= 11 is 1.38. The average molecular weight is 375 g/mol. The van der Waals surface area contributed by atoms with Crippen LogP contribution in [0.25, 0.3) is 11.0 Å². The molecule has 0 aliphatic carbocycles. The first kappa shape index (κ1) is 17.8. The van der Waals surface area contributed by atoms with Crippen molar-refractivity contribution in [1.29, 1.82) is 0 Å². The number of ether oxygens (including phenoxy) is 2. The molecule has 1 heterocycles. The summed E-state index contributed by atoms with van der Waals surface area (Å²) in [6, 6.07) is 5.81. The number of fused-ring (bicyclic) bond motifs is 1. The van der Waals surface area contributed by atoms with E-state index < -0.39 is 0 Å². The number of aromatic nitrogens is 2. The number of esters is 1. The van der Waals surface area contributed by atoms with E-state index in [4.69, 9.17) is 9.47 Å². The Bertz CT molecular complexity index is 616. The highest BCUT2D eigenvalue weighted by molar-refractivity contribution is 8.93. The van der Waals surface area contributed by atoms with Crippen molar-refractivity contribution in [3.05, 3.63) is 18.2 Å². The quantitative estimate of drug-likeness (QED) is 0.573. The normalized spacial score (nSPS) is 10.2. The molecule has 0 saturated carbocycles. The van der Waals surface area contributed by atoms with Crippen LogP contribution < -0.4 is 4.74 Å². The van der Waals surface area contributed by atoms with Crippen LogP contribution in [0.5, 0.6) is 5.75 Å². The fraction of sp³-hybridized carbons (Fsp3) is 0.429. The largest absolute Gasteiger partial charge is 0.494 e. The minimum Gasteiger partial charge on any atom is -0.494 e. The van der Waals surface area contributed by atoms with Crippen LogP contribution in [0.4, 0.5) is 0 Å². The van der Waals surface area contributed by atoms with Gasteiger partial charge in [-0.05, 0) is 26.0 Å². The number of nitrogens with zero attached hydrogens (tertiary/aromatic N) is 2.